The first kappa shape index (κ1) is 21.6. The van der Waals surface area contributed by atoms with E-state index in [0.29, 0.717) is 23.6 Å². The van der Waals surface area contributed by atoms with Gasteiger partial charge in [0.2, 0.25) is 5.91 Å². The Morgan fingerprint density at radius 2 is 1.94 bits per heavy atom. The molecule has 0 radical (unpaired) electrons. The molecule has 2 N–H and O–H groups in total. The van der Waals surface area contributed by atoms with Crippen LogP contribution in [0.25, 0.3) is 10.1 Å². The highest BCUT2D eigenvalue weighted by atomic mass is 32.1. The monoisotopic (exact) mass is 454 g/mol. The van der Waals surface area contributed by atoms with Gasteiger partial charge in [-0.1, -0.05) is 50.3 Å². The molecular weight excluding hydrogens is 424 g/mol. The molecule has 3 atom stereocenters. The van der Waals surface area contributed by atoms with Crippen molar-refractivity contribution in [2.45, 2.75) is 75.5 Å². The van der Waals surface area contributed by atoms with Crippen molar-refractivity contribution in [2.24, 2.45) is 5.92 Å². The van der Waals surface area contributed by atoms with Crippen LogP contribution in [0.1, 0.15) is 67.5 Å². The van der Waals surface area contributed by atoms with Crippen LogP contribution in [0.3, 0.4) is 0 Å². The van der Waals surface area contributed by atoms with Crippen molar-refractivity contribution >= 4 is 39.0 Å². The Morgan fingerprint density at radius 1 is 1.12 bits per heavy atom. The molecule has 2 amide bonds. The van der Waals surface area contributed by atoms with Crippen LogP contribution in [0.15, 0.2) is 30.3 Å². The molecule has 32 heavy (non-hydrogen) atoms. The van der Waals surface area contributed by atoms with E-state index in [1.165, 1.54) is 30.6 Å². The normalized spacial score (nSPS) is 26.8. The number of ether oxygens (including phenoxy) is 1. The fraction of sp³-hybridized carbons (Fsp3) is 0.560. The summed E-state index contributed by atoms with van der Waals surface area (Å²) in [5.41, 5.74) is -0.912. The fourth-order valence-electron chi connectivity index (χ4n) is 5.65. The van der Waals surface area contributed by atoms with Gasteiger partial charge in [0.1, 0.15) is 18.2 Å². The standard InChI is InChI=1S/C25H30N2O4S/c28-21-15-31-22-11-6-12-25(21,22)27-23(29)18(13-16-7-2-1-3-8-16)26-24(30)20-14-17-9-4-5-10-19(17)32-20/h4-5,9-10,14,16,18,22H,1-3,6-8,11-13,15H2,(H,26,30)(H,27,29). The highest BCUT2D eigenvalue weighted by Gasteiger charge is 2.55. The number of nitrogens with one attached hydrogen (secondary N) is 2. The molecule has 3 fully saturated rings. The van der Waals surface area contributed by atoms with Gasteiger partial charge in [0, 0.05) is 4.70 Å². The Balaban J connectivity index is 1.35. The smallest absolute Gasteiger partial charge is 0.262 e. The van der Waals surface area contributed by atoms with Crippen LogP contribution in [0, 0.1) is 5.92 Å². The number of hydrogen-bond acceptors (Lipinski definition) is 5. The Hall–Kier alpha value is -2.25. The molecule has 1 aromatic heterocycles. The second-order valence-electron chi connectivity index (χ2n) is 9.49. The van der Waals surface area contributed by atoms with E-state index in [9.17, 15) is 14.4 Å². The lowest BCUT2D eigenvalue weighted by molar-refractivity contribution is -0.131. The van der Waals surface area contributed by atoms with Gasteiger partial charge in [-0.15, -0.1) is 11.3 Å². The molecule has 1 saturated heterocycles. The molecule has 6 nitrogen and oxygen atoms in total. The van der Waals surface area contributed by atoms with Crippen molar-refractivity contribution in [3.8, 4) is 0 Å². The average molecular weight is 455 g/mol. The Morgan fingerprint density at radius 3 is 2.75 bits per heavy atom. The summed E-state index contributed by atoms with van der Waals surface area (Å²) in [5.74, 6) is -0.109. The van der Waals surface area contributed by atoms with Crippen LogP contribution in [0.5, 0.6) is 0 Å². The zero-order chi connectivity index (χ0) is 22.1. The van der Waals surface area contributed by atoms with Gasteiger partial charge in [-0.2, -0.15) is 0 Å². The summed E-state index contributed by atoms with van der Waals surface area (Å²) in [5, 5.41) is 7.09. The molecule has 5 rings (SSSR count). The van der Waals surface area contributed by atoms with Gasteiger partial charge in [0.25, 0.3) is 5.91 Å². The van der Waals surface area contributed by atoms with Gasteiger partial charge in [0.05, 0.1) is 11.0 Å². The van der Waals surface area contributed by atoms with Gasteiger partial charge in [0.15, 0.2) is 5.78 Å². The molecule has 7 heteroatoms. The summed E-state index contributed by atoms with van der Waals surface area (Å²) in [7, 11) is 0. The number of thiophene rings is 1. The van der Waals surface area contributed by atoms with Crippen molar-refractivity contribution in [3.63, 3.8) is 0 Å². The number of amides is 2. The van der Waals surface area contributed by atoms with Crippen LogP contribution >= 0.6 is 11.3 Å². The van der Waals surface area contributed by atoms with Gasteiger partial charge in [-0.3, -0.25) is 14.4 Å². The quantitative estimate of drug-likeness (QED) is 0.692. The number of hydrogen-bond donors (Lipinski definition) is 2. The summed E-state index contributed by atoms with van der Waals surface area (Å²) < 4.78 is 6.71. The molecule has 0 spiro atoms. The largest absolute Gasteiger partial charge is 0.367 e. The maximum Gasteiger partial charge on any atom is 0.262 e. The minimum atomic E-state index is -0.912. The number of carbonyl (C=O) groups excluding carboxylic acids is 3. The van der Waals surface area contributed by atoms with Crippen molar-refractivity contribution in [3.05, 3.63) is 35.2 Å². The minimum absolute atomic E-state index is 0.0411. The molecule has 170 valence electrons. The number of ketones is 1. The highest BCUT2D eigenvalue weighted by Crippen LogP contribution is 2.38. The predicted octanol–water partition coefficient (Wildman–Crippen LogP) is 3.98. The lowest BCUT2D eigenvalue weighted by Crippen LogP contribution is -2.60. The van der Waals surface area contributed by atoms with E-state index >= 15 is 0 Å². The van der Waals surface area contributed by atoms with E-state index in [0.717, 1.165) is 35.8 Å². The maximum absolute atomic E-state index is 13.5. The van der Waals surface area contributed by atoms with Crippen molar-refractivity contribution < 1.29 is 19.1 Å². The van der Waals surface area contributed by atoms with E-state index in [1.807, 2.05) is 30.3 Å². The topological polar surface area (TPSA) is 84.5 Å². The Labute approximate surface area is 192 Å². The zero-order valence-corrected chi connectivity index (χ0v) is 19.0. The molecule has 2 heterocycles. The third-order valence-corrected chi connectivity index (χ3v) is 8.53. The fourth-order valence-corrected chi connectivity index (χ4v) is 6.62. The van der Waals surface area contributed by atoms with Gasteiger partial charge >= 0.3 is 0 Å². The molecule has 3 aliphatic rings. The summed E-state index contributed by atoms with van der Waals surface area (Å²) in [4.78, 5) is 39.8. The first-order valence-electron chi connectivity index (χ1n) is 11.8. The van der Waals surface area contributed by atoms with Crippen LogP contribution in [-0.4, -0.2) is 41.9 Å². The average Bonchev–Trinajstić information content (AvgIpc) is 3.49. The number of benzene rings is 1. The molecule has 1 aliphatic heterocycles. The third kappa shape index (κ3) is 4.08. The molecule has 2 saturated carbocycles. The lowest BCUT2D eigenvalue weighted by Gasteiger charge is -2.32. The number of rotatable bonds is 6. The lowest BCUT2D eigenvalue weighted by atomic mass is 9.84. The van der Waals surface area contributed by atoms with Crippen LogP contribution in [0.2, 0.25) is 0 Å². The molecular formula is C25H30N2O4S. The summed E-state index contributed by atoms with van der Waals surface area (Å²) in [6, 6.07) is 9.12. The van der Waals surface area contributed by atoms with E-state index in [2.05, 4.69) is 10.6 Å². The first-order valence-corrected chi connectivity index (χ1v) is 12.6. The zero-order valence-electron chi connectivity index (χ0n) is 18.2. The van der Waals surface area contributed by atoms with Gasteiger partial charge in [-0.05, 0) is 49.1 Å². The first-order chi connectivity index (χ1) is 15.5. The predicted molar refractivity (Wildman–Crippen MR) is 124 cm³/mol. The van der Waals surface area contributed by atoms with Crippen molar-refractivity contribution in [2.75, 3.05) is 6.61 Å². The van der Waals surface area contributed by atoms with E-state index in [1.54, 1.807) is 0 Å². The number of Topliss-reactive ketones (excluding diaryl/α,β-unsaturated/α-hetero) is 1. The Kier molecular flexibility index (Phi) is 6.03. The van der Waals surface area contributed by atoms with Gasteiger partial charge < -0.3 is 15.4 Å². The second-order valence-corrected chi connectivity index (χ2v) is 10.6. The molecule has 2 aromatic rings. The van der Waals surface area contributed by atoms with Crippen molar-refractivity contribution in [1.82, 2.24) is 10.6 Å². The Bertz CT molecular complexity index is 995. The van der Waals surface area contributed by atoms with E-state index in [-0.39, 0.29) is 30.3 Å². The van der Waals surface area contributed by atoms with Crippen LogP contribution in [0.4, 0.5) is 0 Å². The summed E-state index contributed by atoms with van der Waals surface area (Å²) in [6.45, 7) is 0.0619. The molecule has 3 unspecified atom stereocenters. The summed E-state index contributed by atoms with van der Waals surface area (Å²) in [6.07, 6.45) is 8.36. The van der Waals surface area contributed by atoms with Crippen LogP contribution < -0.4 is 10.6 Å². The van der Waals surface area contributed by atoms with E-state index < -0.39 is 11.6 Å². The molecule has 1 aromatic carbocycles. The SMILES string of the molecule is O=C(NC(CC1CCCCC1)C(=O)NC12CCCC1OCC2=O)c1cc2ccccc2s1. The third-order valence-electron chi connectivity index (χ3n) is 7.41. The van der Waals surface area contributed by atoms with Crippen molar-refractivity contribution in [1.29, 1.82) is 0 Å². The maximum atomic E-state index is 13.5. The minimum Gasteiger partial charge on any atom is -0.367 e. The molecule has 0 bridgehead atoms. The number of fused-ring (bicyclic) bond motifs is 2. The van der Waals surface area contributed by atoms with Crippen LogP contribution in [-0.2, 0) is 14.3 Å². The van der Waals surface area contributed by atoms with Gasteiger partial charge in [-0.25, -0.2) is 0 Å². The van der Waals surface area contributed by atoms with E-state index in [4.69, 9.17) is 4.74 Å². The number of carbonyl (C=O) groups is 3. The highest BCUT2D eigenvalue weighted by molar-refractivity contribution is 7.20. The summed E-state index contributed by atoms with van der Waals surface area (Å²) >= 11 is 1.43. The second kappa shape index (κ2) is 8.94. The molecule has 2 aliphatic carbocycles.